The first kappa shape index (κ1) is 23.6. The van der Waals surface area contributed by atoms with E-state index >= 15 is 0 Å². The normalized spacial score (nSPS) is 21.4. The van der Waals surface area contributed by atoms with Crippen LogP contribution in [0.25, 0.3) is 22.4 Å². The lowest BCUT2D eigenvalue weighted by Gasteiger charge is -2.30. The third-order valence-corrected chi connectivity index (χ3v) is 6.52. The molecular weight excluding hydrogens is 468 g/mol. The molecule has 2 N–H and O–H groups in total. The van der Waals surface area contributed by atoms with Crippen molar-refractivity contribution < 1.29 is 26.9 Å². The number of likely N-dealkylation sites (tertiary alicyclic amines) is 1. The summed E-state index contributed by atoms with van der Waals surface area (Å²) in [5.74, 6) is -1.11. The van der Waals surface area contributed by atoms with Crippen LogP contribution in [-0.4, -0.2) is 64.0 Å². The van der Waals surface area contributed by atoms with E-state index < -0.39 is 30.7 Å². The fraction of sp³-hybridized carbons (Fsp3) is 0.522. The molecule has 1 aliphatic heterocycles. The lowest BCUT2D eigenvalue weighted by molar-refractivity contribution is -0.139. The van der Waals surface area contributed by atoms with E-state index in [0.29, 0.717) is 10.9 Å². The van der Waals surface area contributed by atoms with E-state index in [-0.39, 0.29) is 36.4 Å². The van der Waals surface area contributed by atoms with Gasteiger partial charge in [-0.15, -0.1) is 0 Å². The number of amides is 1. The van der Waals surface area contributed by atoms with E-state index in [1.54, 1.807) is 18.2 Å². The molecule has 12 heteroatoms. The number of nitrogens with one attached hydrogen (secondary N) is 2. The molecule has 3 aromatic rings. The summed E-state index contributed by atoms with van der Waals surface area (Å²) in [7, 11) is 2.06. The fourth-order valence-electron chi connectivity index (χ4n) is 4.48. The summed E-state index contributed by atoms with van der Waals surface area (Å²) in [6.07, 6.45) is -3.54. The number of hydrogen-bond acceptors (Lipinski definition) is 6. The molecule has 35 heavy (non-hydrogen) atoms. The number of nitrogens with zero attached hydrogens (tertiary/aromatic N) is 4. The SMILES string of the molecule is CN1CCC(Nc2cccc3c2cc(-c2noc(CNC(=O)[C@@H]4C[C@H]4F)n2)n3CC(F)(F)F)CC1. The maximum Gasteiger partial charge on any atom is 0.406 e. The van der Waals surface area contributed by atoms with Crippen molar-refractivity contribution in [1.82, 2.24) is 24.9 Å². The van der Waals surface area contributed by atoms with E-state index in [2.05, 4.69) is 32.7 Å². The number of benzene rings is 1. The summed E-state index contributed by atoms with van der Waals surface area (Å²) < 4.78 is 59.8. The van der Waals surface area contributed by atoms with Gasteiger partial charge in [0.15, 0.2) is 0 Å². The predicted molar refractivity (Wildman–Crippen MR) is 120 cm³/mol. The minimum Gasteiger partial charge on any atom is -0.382 e. The third-order valence-electron chi connectivity index (χ3n) is 6.52. The van der Waals surface area contributed by atoms with Crippen LogP contribution in [0.4, 0.5) is 23.2 Å². The topological polar surface area (TPSA) is 88.2 Å². The molecule has 0 bridgehead atoms. The zero-order valence-electron chi connectivity index (χ0n) is 19.1. The van der Waals surface area contributed by atoms with Crippen LogP contribution in [0, 0.1) is 5.92 Å². The second-order valence-electron chi connectivity index (χ2n) is 9.28. The highest BCUT2D eigenvalue weighted by Gasteiger charge is 2.43. The Morgan fingerprint density at radius 2 is 2.00 bits per heavy atom. The predicted octanol–water partition coefficient (Wildman–Crippen LogP) is 3.73. The van der Waals surface area contributed by atoms with E-state index in [9.17, 15) is 22.4 Å². The molecule has 1 saturated carbocycles. The second-order valence-corrected chi connectivity index (χ2v) is 9.28. The number of fused-ring (bicyclic) bond motifs is 1. The van der Waals surface area contributed by atoms with Crippen molar-refractivity contribution in [3.8, 4) is 11.5 Å². The van der Waals surface area contributed by atoms with Gasteiger partial charge in [-0.2, -0.15) is 18.2 Å². The van der Waals surface area contributed by atoms with Crippen molar-refractivity contribution in [3.63, 3.8) is 0 Å². The number of piperidine rings is 1. The van der Waals surface area contributed by atoms with E-state index in [1.807, 2.05) is 6.07 Å². The van der Waals surface area contributed by atoms with Gasteiger partial charge in [-0.3, -0.25) is 4.79 Å². The number of carbonyl (C=O) groups excluding carboxylic acids is 1. The van der Waals surface area contributed by atoms with Gasteiger partial charge in [0.1, 0.15) is 12.7 Å². The van der Waals surface area contributed by atoms with Crippen LogP contribution in [0.5, 0.6) is 0 Å². The molecule has 1 aromatic carbocycles. The average molecular weight is 494 g/mol. The number of halogens is 4. The zero-order chi connectivity index (χ0) is 24.7. The summed E-state index contributed by atoms with van der Waals surface area (Å²) in [6, 6.07) is 7.07. The molecular formula is C23H26F4N6O2. The Morgan fingerprint density at radius 1 is 1.26 bits per heavy atom. The fourth-order valence-corrected chi connectivity index (χ4v) is 4.48. The van der Waals surface area contributed by atoms with Crippen LogP contribution < -0.4 is 10.6 Å². The van der Waals surface area contributed by atoms with Crippen LogP contribution in [-0.2, 0) is 17.9 Å². The number of aromatic nitrogens is 3. The molecule has 5 rings (SSSR count). The van der Waals surface area contributed by atoms with Crippen molar-refractivity contribution in [1.29, 1.82) is 0 Å². The molecule has 1 saturated heterocycles. The van der Waals surface area contributed by atoms with Crippen LogP contribution >= 0.6 is 0 Å². The molecule has 2 atom stereocenters. The first-order valence-corrected chi connectivity index (χ1v) is 11.6. The summed E-state index contributed by atoms with van der Waals surface area (Å²) >= 11 is 0. The van der Waals surface area contributed by atoms with Crippen LogP contribution in [0.1, 0.15) is 25.2 Å². The average Bonchev–Trinajstić information content (AvgIpc) is 3.20. The van der Waals surface area contributed by atoms with Crippen molar-refractivity contribution in [3.05, 3.63) is 30.2 Å². The number of anilines is 1. The van der Waals surface area contributed by atoms with Gasteiger partial charge >= 0.3 is 6.18 Å². The smallest absolute Gasteiger partial charge is 0.382 e. The molecule has 2 aliphatic rings. The van der Waals surface area contributed by atoms with E-state index in [4.69, 9.17) is 4.52 Å². The molecule has 0 spiro atoms. The lowest BCUT2D eigenvalue weighted by Crippen LogP contribution is -2.36. The van der Waals surface area contributed by atoms with Gasteiger partial charge in [-0.1, -0.05) is 11.2 Å². The Hall–Kier alpha value is -3.15. The molecule has 1 aliphatic carbocycles. The second kappa shape index (κ2) is 9.14. The lowest BCUT2D eigenvalue weighted by atomic mass is 10.0. The number of rotatable bonds is 7. The standard InChI is InChI=1S/C23H26F4N6O2/c1-32-7-5-13(6-8-32)29-17-3-2-4-18-15(17)10-19(33(18)12-23(25,26)27)21-30-20(35-31-21)11-28-22(34)14-9-16(14)24/h2-4,10,13-14,16,29H,5-9,11-12H2,1H3,(H,28,34)/t14-,16-/m1/s1. The molecule has 0 unspecified atom stereocenters. The van der Waals surface area contributed by atoms with Crippen molar-refractivity contribution in [2.24, 2.45) is 5.92 Å². The highest BCUT2D eigenvalue weighted by atomic mass is 19.4. The van der Waals surface area contributed by atoms with Gasteiger partial charge in [0.25, 0.3) is 0 Å². The first-order valence-electron chi connectivity index (χ1n) is 11.6. The minimum absolute atomic E-state index is 0.0188. The molecule has 3 heterocycles. The molecule has 1 amide bonds. The van der Waals surface area contributed by atoms with E-state index in [0.717, 1.165) is 36.2 Å². The van der Waals surface area contributed by atoms with Crippen LogP contribution in [0.15, 0.2) is 28.8 Å². The highest BCUT2D eigenvalue weighted by molar-refractivity contribution is 5.96. The summed E-state index contributed by atoms with van der Waals surface area (Å²) in [5.41, 5.74) is 1.31. The number of carbonyl (C=O) groups is 1. The monoisotopic (exact) mass is 494 g/mol. The van der Waals surface area contributed by atoms with Gasteiger partial charge in [-0.25, -0.2) is 4.39 Å². The Morgan fingerprint density at radius 3 is 2.69 bits per heavy atom. The van der Waals surface area contributed by atoms with Gasteiger partial charge in [0.05, 0.1) is 23.7 Å². The summed E-state index contributed by atoms with van der Waals surface area (Å²) in [4.78, 5) is 18.3. The quantitative estimate of drug-likeness (QED) is 0.487. The van der Waals surface area contributed by atoms with Gasteiger partial charge in [-0.05, 0) is 57.6 Å². The summed E-state index contributed by atoms with van der Waals surface area (Å²) in [5, 5.41) is 10.5. The Kier molecular flexibility index (Phi) is 6.16. The molecule has 2 aromatic heterocycles. The molecule has 188 valence electrons. The minimum atomic E-state index is -4.47. The van der Waals surface area contributed by atoms with Crippen LogP contribution in [0.2, 0.25) is 0 Å². The maximum atomic E-state index is 13.5. The Bertz CT molecular complexity index is 1210. The number of hydrogen-bond donors (Lipinski definition) is 2. The number of alkyl halides is 4. The van der Waals surface area contributed by atoms with Gasteiger partial charge in [0.2, 0.25) is 17.6 Å². The molecule has 8 nitrogen and oxygen atoms in total. The van der Waals surface area contributed by atoms with Gasteiger partial charge < -0.3 is 24.6 Å². The molecule has 0 radical (unpaired) electrons. The van der Waals surface area contributed by atoms with Crippen molar-refractivity contribution in [2.45, 2.75) is 50.7 Å². The Balaban J connectivity index is 1.43. The van der Waals surface area contributed by atoms with Crippen LogP contribution in [0.3, 0.4) is 0 Å². The zero-order valence-corrected chi connectivity index (χ0v) is 19.1. The third kappa shape index (κ3) is 5.26. The largest absolute Gasteiger partial charge is 0.406 e. The highest BCUT2D eigenvalue weighted by Crippen LogP contribution is 2.35. The first-order chi connectivity index (χ1) is 16.7. The Labute approximate surface area is 198 Å². The van der Waals surface area contributed by atoms with Crippen molar-refractivity contribution >= 4 is 22.5 Å². The van der Waals surface area contributed by atoms with Gasteiger partial charge in [0, 0.05) is 17.1 Å². The summed E-state index contributed by atoms with van der Waals surface area (Å²) in [6.45, 7) is 0.549. The van der Waals surface area contributed by atoms with E-state index in [1.165, 1.54) is 0 Å². The maximum absolute atomic E-state index is 13.5. The molecule has 2 fully saturated rings. The van der Waals surface area contributed by atoms with Crippen molar-refractivity contribution in [2.75, 3.05) is 25.5 Å².